The lowest BCUT2D eigenvalue weighted by Crippen LogP contribution is -2.53. The van der Waals surface area contributed by atoms with E-state index < -0.39 is 17.8 Å². The molecule has 0 fully saturated rings. The third kappa shape index (κ3) is 7.26. The number of rotatable bonds is 5. The number of carbonyl (C=O) groups excluding carboxylic acids is 2. The molecule has 0 atom stereocenters. The summed E-state index contributed by atoms with van der Waals surface area (Å²) in [6, 6.07) is 16.1. The highest BCUT2D eigenvalue weighted by Gasteiger charge is 2.33. The minimum Gasteiger partial charge on any atom is -0.443 e. The van der Waals surface area contributed by atoms with Gasteiger partial charge >= 0.3 is 12.2 Å². The van der Waals surface area contributed by atoms with Gasteiger partial charge in [-0.1, -0.05) is 54.1 Å². The van der Waals surface area contributed by atoms with Crippen molar-refractivity contribution in [1.82, 2.24) is 10.0 Å². The van der Waals surface area contributed by atoms with E-state index in [2.05, 4.69) is 0 Å². The Kier molecular flexibility index (Phi) is 8.12. The molecule has 30 heavy (non-hydrogen) atoms. The molecule has 2 aromatic carbocycles. The molecule has 0 aliphatic carbocycles. The number of ether oxygens (including phenoxy) is 2. The molecule has 0 aliphatic rings. The van der Waals surface area contributed by atoms with Gasteiger partial charge in [0.1, 0.15) is 12.2 Å². The van der Waals surface area contributed by atoms with Crippen molar-refractivity contribution >= 4 is 23.8 Å². The standard InChI is InChI=1S/C23H29ClN2O4/c1-17(2)26(22(28)29-16-19-9-7-6-8-10-19)25(21(27)30-23(3,4)5)15-18-11-13-20(24)14-12-18/h6-14,17H,15-16H2,1-5H3. The Balaban J connectivity index is 2.26. The Bertz CT molecular complexity index is 833. The van der Waals surface area contributed by atoms with E-state index in [0.717, 1.165) is 11.1 Å². The maximum Gasteiger partial charge on any atom is 0.429 e. The first kappa shape index (κ1) is 23.5. The highest BCUT2D eigenvalue weighted by atomic mass is 35.5. The largest absolute Gasteiger partial charge is 0.443 e. The van der Waals surface area contributed by atoms with Crippen LogP contribution in [0.15, 0.2) is 54.6 Å². The summed E-state index contributed by atoms with van der Waals surface area (Å²) < 4.78 is 11.0. The average molecular weight is 433 g/mol. The second kappa shape index (κ2) is 10.3. The number of hydrogen-bond donors (Lipinski definition) is 0. The van der Waals surface area contributed by atoms with E-state index in [1.54, 1.807) is 45.0 Å². The van der Waals surface area contributed by atoms with E-state index >= 15 is 0 Å². The average Bonchev–Trinajstić information content (AvgIpc) is 2.66. The van der Waals surface area contributed by atoms with Crippen LogP contribution in [0, 0.1) is 0 Å². The van der Waals surface area contributed by atoms with Crippen LogP contribution in [-0.4, -0.2) is 33.8 Å². The van der Waals surface area contributed by atoms with E-state index in [0.29, 0.717) is 5.02 Å². The van der Waals surface area contributed by atoms with Crippen molar-refractivity contribution in [2.75, 3.05) is 0 Å². The van der Waals surface area contributed by atoms with Crippen molar-refractivity contribution in [3.05, 3.63) is 70.7 Å². The summed E-state index contributed by atoms with van der Waals surface area (Å²) in [7, 11) is 0. The van der Waals surface area contributed by atoms with Gasteiger partial charge < -0.3 is 9.47 Å². The summed E-state index contributed by atoms with van der Waals surface area (Å²) in [4.78, 5) is 25.9. The van der Waals surface area contributed by atoms with Crippen molar-refractivity contribution in [2.24, 2.45) is 0 Å². The molecule has 0 heterocycles. The second-order valence-corrected chi connectivity index (χ2v) is 8.58. The van der Waals surface area contributed by atoms with Crippen LogP contribution in [0.1, 0.15) is 45.7 Å². The predicted octanol–water partition coefficient (Wildman–Crippen LogP) is 6.04. The lowest BCUT2D eigenvalue weighted by molar-refractivity contribution is -0.0646. The number of nitrogens with zero attached hydrogens (tertiary/aromatic N) is 2. The van der Waals surface area contributed by atoms with Crippen molar-refractivity contribution < 1.29 is 19.1 Å². The van der Waals surface area contributed by atoms with Gasteiger partial charge in [0, 0.05) is 5.02 Å². The molecule has 0 bridgehead atoms. The SMILES string of the molecule is CC(C)N(C(=O)OCc1ccccc1)N(Cc1ccc(Cl)cc1)C(=O)OC(C)(C)C. The van der Waals surface area contributed by atoms with Crippen LogP contribution in [0.2, 0.25) is 5.02 Å². The fourth-order valence-electron chi connectivity index (χ4n) is 2.68. The maximum atomic E-state index is 13.0. The quantitative estimate of drug-likeness (QED) is 0.540. The Morgan fingerprint density at radius 1 is 0.933 bits per heavy atom. The molecule has 6 nitrogen and oxygen atoms in total. The maximum absolute atomic E-state index is 13.0. The van der Waals surface area contributed by atoms with Crippen molar-refractivity contribution in [1.29, 1.82) is 0 Å². The normalized spacial score (nSPS) is 11.2. The molecular weight excluding hydrogens is 404 g/mol. The molecule has 162 valence electrons. The zero-order valence-corrected chi connectivity index (χ0v) is 18.8. The number of hydrazine groups is 1. The smallest absolute Gasteiger partial charge is 0.429 e. The zero-order chi connectivity index (χ0) is 22.3. The second-order valence-electron chi connectivity index (χ2n) is 8.14. The summed E-state index contributed by atoms with van der Waals surface area (Å²) in [6.07, 6.45) is -1.27. The summed E-state index contributed by atoms with van der Waals surface area (Å²) in [5.41, 5.74) is 0.939. The molecule has 7 heteroatoms. The molecule has 2 aromatic rings. The third-order valence-corrected chi connectivity index (χ3v) is 4.24. The Labute approximate surface area is 183 Å². The predicted molar refractivity (Wildman–Crippen MR) is 117 cm³/mol. The van der Waals surface area contributed by atoms with Crippen molar-refractivity contribution in [3.63, 3.8) is 0 Å². The monoisotopic (exact) mass is 432 g/mol. The van der Waals surface area contributed by atoms with Crippen LogP contribution in [0.25, 0.3) is 0 Å². The summed E-state index contributed by atoms with van der Waals surface area (Å²) in [5, 5.41) is 3.14. The minimum absolute atomic E-state index is 0.103. The third-order valence-electron chi connectivity index (χ3n) is 3.99. The summed E-state index contributed by atoms with van der Waals surface area (Å²) >= 11 is 5.97. The van der Waals surface area contributed by atoms with Gasteiger partial charge in [-0.05, 0) is 57.9 Å². The van der Waals surface area contributed by atoms with Gasteiger partial charge in [0.2, 0.25) is 0 Å². The molecule has 0 aliphatic heterocycles. The van der Waals surface area contributed by atoms with Crippen LogP contribution in [0.5, 0.6) is 0 Å². The number of hydrogen-bond acceptors (Lipinski definition) is 4. The highest BCUT2D eigenvalue weighted by molar-refractivity contribution is 6.30. The topological polar surface area (TPSA) is 59.1 Å². The van der Waals surface area contributed by atoms with Crippen molar-refractivity contribution in [3.8, 4) is 0 Å². The fraction of sp³-hybridized carbons (Fsp3) is 0.391. The number of benzene rings is 2. The van der Waals surface area contributed by atoms with Crippen LogP contribution in [0.3, 0.4) is 0 Å². The van der Waals surface area contributed by atoms with Crippen LogP contribution >= 0.6 is 11.6 Å². The molecule has 0 saturated heterocycles. The molecule has 0 aromatic heterocycles. The zero-order valence-electron chi connectivity index (χ0n) is 18.1. The lowest BCUT2D eigenvalue weighted by atomic mass is 10.2. The number of halogens is 1. The lowest BCUT2D eigenvalue weighted by Gasteiger charge is -2.37. The van der Waals surface area contributed by atoms with E-state index in [9.17, 15) is 9.59 Å². The van der Waals surface area contributed by atoms with E-state index in [1.165, 1.54) is 10.0 Å². The number of carbonyl (C=O) groups is 2. The Morgan fingerprint density at radius 3 is 2.07 bits per heavy atom. The first-order chi connectivity index (χ1) is 14.1. The van der Waals surface area contributed by atoms with Gasteiger partial charge in [-0.3, -0.25) is 0 Å². The molecule has 0 saturated carbocycles. The van der Waals surface area contributed by atoms with E-state index in [-0.39, 0.29) is 19.2 Å². The molecule has 0 N–H and O–H groups in total. The molecule has 2 rings (SSSR count). The van der Waals surface area contributed by atoms with Crippen LogP contribution in [0.4, 0.5) is 9.59 Å². The van der Waals surface area contributed by atoms with E-state index in [4.69, 9.17) is 21.1 Å². The van der Waals surface area contributed by atoms with Gasteiger partial charge in [-0.2, -0.15) is 0 Å². The fourth-order valence-corrected chi connectivity index (χ4v) is 2.81. The van der Waals surface area contributed by atoms with E-state index in [1.807, 2.05) is 44.2 Å². The Hall–Kier alpha value is -2.73. The highest BCUT2D eigenvalue weighted by Crippen LogP contribution is 2.19. The van der Waals surface area contributed by atoms with Crippen LogP contribution < -0.4 is 0 Å². The molecule has 0 unspecified atom stereocenters. The Morgan fingerprint density at radius 2 is 1.53 bits per heavy atom. The van der Waals surface area contributed by atoms with Gasteiger partial charge in [0.25, 0.3) is 0 Å². The van der Waals surface area contributed by atoms with Gasteiger partial charge in [-0.15, -0.1) is 0 Å². The molecule has 0 spiro atoms. The summed E-state index contributed by atoms with van der Waals surface area (Å²) in [6.45, 7) is 9.18. The van der Waals surface area contributed by atoms with Gasteiger partial charge in [-0.25, -0.2) is 19.6 Å². The van der Waals surface area contributed by atoms with Gasteiger partial charge in [0.05, 0.1) is 12.6 Å². The molecular formula is C23H29ClN2O4. The van der Waals surface area contributed by atoms with Crippen molar-refractivity contribution in [2.45, 2.75) is 59.4 Å². The minimum atomic E-state index is -0.716. The molecule has 2 amide bonds. The molecule has 0 radical (unpaired) electrons. The van der Waals surface area contributed by atoms with Gasteiger partial charge in [0.15, 0.2) is 0 Å². The van der Waals surface area contributed by atoms with Crippen LogP contribution in [-0.2, 0) is 22.6 Å². The summed E-state index contributed by atoms with van der Waals surface area (Å²) in [5.74, 6) is 0. The number of amides is 2. The first-order valence-electron chi connectivity index (χ1n) is 9.81. The first-order valence-corrected chi connectivity index (χ1v) is 10.2.